The Morgan fingerprint density at radius 1 is 0.655 bits per heavy atom. The van der Waals surface area contributed by atoms with Crippen LogP contribution in [-0.4, -0.2) is 14.4 Å². The van der Waals surface area contributed by atoms with Gasteiger partial charge in [0.05, 0.1) is 5.52 Å². The summed E-state index contributed by atoms with van der Waals surface area (Å²) in [5.41, 5.74) is 9.03. The average molecular weight is 373 g/mol. The van der Waals surface area contributed by atoms with Crippen LogP contribution >= 0.6 is 0 Å². The maximum absolute atomic E-state index is 4.96. The smallest absolute Gasteiger partial charge is 0.164 e. The predicted octanol–water partition coefficient (Wildman–Crippen LogP) is 6.47. The number of nitrogens with zero attached hydrogens (tertiary/aromatic N) is 3. The largest absolute Gasteiger partial charge is 0.276 e. The van der Waals surface area contributed by atoms with Gasteiger partial charge in [0.2, 0.25) is 0 Å². The summed E-state index contributed by atoms with van der Waals surface area (Å²) < 4.78 is 2.19. The van der Waals surface area contributed by atoms with Crippen LogP contribution < -0.4 is 0 Å². The molecule has 0 saturated carbocycles. The second kappa shape index (κ2) is 5.89. The zero-order valence-corrected chi connectivity index (χ0v) is 16.3. The van der Waals surface area contributed by atoms with E-state index < -0.39 is 0 Å². The second-order valence-corrected chi connectivity index (χ2v) is 7.66. The highest BCUT2D eigenvalue weighted by Gasteiger charge is 2.16. The van der Waals surface area contributed by atoms with Gasteiger partial charge in [0, 0.05) is 17.0 Å². The molecule has 0 aliphatic rings. The molecule has 0 atom stereocenters. The zero-order chi connectivity index (χ0) is 19.5. The average Bonchev–Trinajstić information content (AvgIpc) is 3.14. The van der Waals surface area contributed by atoms with Crippen molar-refractivity contribution in [3.05, 3.63) is 90.1 Å². The summed E-state index contributed by atoms with van der Waals surface area (Å²) in [6, 6.07) is 25.7. The van der Waals surface area contributed by atoms with Crippen molar-refractivity contribution in [2.45, 2.75) is 13.8 Å². The molecule has 6 aromatic rings. The standard InChI is InChI=1S/C26H19N3/c1-16-8-3-4-9-18(16)20-15-21-19-10-5-6-12-24(19)29-25(22(21)14-17(20)2)28-23-11-7-13-27-26(23)29/h3-15H,1-2H3. The lowest BCUT2D eigenvalue weighted by Gasteiger charge is -2.14. The highest BCUT2D eigenvalue weighted by Crippen LogP contribution is 2.36. The Labute approximate surface area is 168 Å². The van der Waals surface area contributed by atoms with Gasteiger partial charge in [0.25, 0.3) is 0 Å². The van der Waals surface area contributed by atoms with Gasteiger partial charge in [-0.1, -0.05) is 42.5 Å². The molecule has 3 heteroatoms. The summed E-state index contributed by atoms with van der Waals surface area (Å²) in [7, 11) is 0. The molecule has 0 unspecified atom stereocenters. The molecule has 6 rings (SSSR count). The summed E-state index contributed by atoms with van der Waals surface area (Å²) in [6.07, 6.45) is 1.84. The van der Waals surface area contributed by atoms with Crippen LogP contribution in [0.25, 0.3) is 49.6 Å². The fraction of sp³-hybridized carbons (Fsp3) is 0.0769. The van der Waals surface area contributed by atoms with Gasteiger partial charge in [0.1, 0.15) is 11.2 Å². The molecule has 29 heavy (non-hydrogen) atoms. The van der Waals surface area contributed by atoms with E-state index >= 15 is 0 Å². The first-order valence-corrected chi connectivity index (χ1v) is 9.86. The number of benzene rings is 3. The number of rotatable bonds is 1. The van der Waals surface area contributed by atoms with Gasteiger partial charge in [-0.05, 0) is 71.8 Å². The molecule has 0 aliphatic carbocycles. The Kier molecular flexibility index (Phi) is 3.30. The van der Waals surface area contributed by atoms with E-state index in [0.29, 0.717) is 0 Å². The molecular formula is C26H19N3. The van der Waals surface area contributed by atoms with Crippen LogP contribution in [-0.2, 0) is 0 Å². The molecule has 3 heterocycles. The highest BCUT2D eigenvalue weighted by molar-refractivity contribution is 6.14. The molecule has 0 amide bonds. The minimum Gasteiger partial charge on any atom is -0.276 e. The number of aryl methyl sites for hydroxylation is 2. The van der Waals surface area contributed by atoms with Gasteiger partial charge in [-0.2, -0.15) is 0 Å². The fourth-order valence-electron chi connectivity index (χ4n) is 4.50. The van der Waals surface area contributed by atoms with E-state index in [-0.39, 0.29) is 0 Å². The van der Waals surface area contributed by atoms with Crippen LogP contribution in [0, 0.1) is 13.8 Å². The first-order chi connectivity index (χ1) is 14.2. The quantitative estimate of drug-likeness (QED) is 0.309. The lowest BCUT2D eigenvalue weighted by atomic mass is 9.93. The third-order valence-electron chi connectivity index (χ3n) is 5.89. The summed E-state index contributed by atoms with van der Waals surface area (Å²) in [6.45, 7) is 4.36. The van der Waals surface area contributed by atoms with Crippen molar-refractivity contribution in [3.63, 3.8) is 0 Å². The Bertz CT molecular complexity index is 1570. The van der Waals surface area contributed by atoms with E-state index in [9.17, 15) is 0 Å². The number of aromatic nitrogens is 3. The normalized spacial score (nSPS) is 11.8. The zero-order valence-electron chi connectivity index (χ0n) is 16.3. The van der Waals surface area contributed by atoms with Crippen molar-refractivity contribution in [1.29, 1.82) is 0 Å². The van der Waals surface area contributed by atoms with Crippen LogP contribution in [0.15, 0.2) is 79.0 Å². The van der Waals surface area contributed by atoms with Crippen molar-refractivity contribution < 1.29 is 0 Å². The minimum absolute atomic E-state index is 0.904. The highest BCUT2D eigenvalue weighted by atomic mass is 15.1. The lowest BCUT2D eigenvalue weighted by molar-refractivity contribution is 1.25. The maximum atomic E-state index is 4.96. The topological polar surface area (TPSA) is 30.2 Å². The van der Waals surface area contributed by atoms with Gasteiger partial charge in [-0.3, -0.25) is 4.40 Å². The molecule has 0 aliphatic heterocycles. The molecule has 138 valence electrons. The first kappa shape index (κ1) is 16.3. The third kappa shape index (κ3) is 2.24. The molecule has 0 N–H and O–H groups in total. The summed E-state index contributed by atoms with van der Waals surface area (Å²) in [4.78, 5) is 9.58. The molecule has 0 radical (unpaired) electrons. The number of para-hydroxylation sites is 1. The van der Waals surface area contributed by atoms with Crippen molar-refractivity contribution in [2.24, 2.45) is 0 Å². The van der Waals surface area contributed by atoms with Crippen LogP contribution in [0.3, 0.4) is 0 Å². The van der Waals surface area contributed by atoms with Crippen LogP contribution in [0.5, 0.6) is 0 Å². The minimum atomic E-state index is 0.904. The van der Waals surface area contributed by atoms with Gasteiger partial charge < -0.3 is 0 Å². The van der Waals surface area contributed by atoms with E-state index in [2.05, 4.69) is 83.9 Å². The summed E-state index contributed by atoms with van der Waals surface area (Å²) in [5.74, 6) is 0. The van der Waals surface area contributed by atoms with Crippen LogP contribution in [0.1, 0.15) is 11.1 Å². The monoisotopic (exact) mass is 373 g/mol. The van der Waals surface area contributed by atoms with E-state index in [0.717, 1.165) is 27.7 Å². The molecule has 0 saturated heterocycles. The van der Waals surface area contributed by atoms with Gasteiger partial charge in [0.15, 0.2) is 5.65 Å². The molecular weight excluding hydrogens is 354 g/mol. The van der Waals surface area contributed by atoms with Gasteiger partial charge >= 0.3 is 0 Å². The lowest BCUT2D eigenvalue weighted by Crippen LogP contribution is -1.94. The summed E-state index contributed by atoms with van der Waals surface area (Å²) >= 11 is 0. The molecule has 0 bridgehead atoms. The van der Waals surface area contributed by atoms with Crippen molar-refractivity contribution in [3.8, 4) is 11.1 Å². The van der Waals surface area contributed by atoms with Crippen LogP contribution in [0.4, 0.5) is 0 Å². The van der Waals surface area contributed by atoms with Crippen LogP contribution in [0.2, 0.25) is 0 Å². The third-order valence-corrected chi connectivity index (χ3v) is 5.89. The Balaban J connectivity index is 1.85. The molecule has 3 nitrogen and oxygen atoms in total. The van der Waals surface area contributed by atoms with E-state index in [1.807, 2.05) is 18.3 Å². The van der Waals surface area contributed by atoms with E-state index in [1.54, 1.807) is 0 Å². The molecule has 3 aromatic carbocycles. The Morgan fingerprint density at radius 3 is 2.38 bits per heavy atom. The van der Waals surface area contributed by atoms with Crippen molar-refractivity contribution >= 4 is 38.5 Å². The number of pyridine rings is 2. The van der Waals surface area contributed by atoms with Gasteiger partial charge in [-0.15, -0.1) is 0 Å². The number of hydrogen-bond acceptors (Lipinski definition) is 2. The Hall–Kier alpha value is -3.72. The molecule has 0 fully saturated rings. The summed E-state index contributed by atoms with van der Waals surface area (Å²) in [5, 5.41) is 3.61. The fourth-order valence-corrected chi connectivity index (χ4v) is 4.50. The predicted molar refractivity (Wildman–Crippen MR) is 120 cm³/mol. The number of imidazole rings is 1. The van der Waals surface area contributed by atoms with Gasteiger partial charge in [-0.25, -0.2) is 9.97 Å². The number of fused-ring (bicyclic) bond motifs is 8. The first-order valence-electron chi connectivity index (χ1n) is 9.86. The number of hydrogen-bond donors (Lipinski definition) is 0. The molecule has 3 aromatic heterocycles. The SMILES string of the molecule is Cc1ccccc1-c1cc2c3ccccc3n3c4ncccc4nc3c2cc1C. The van der Waals surface area contributed by atoms with E-state index in [4.69, 9.17) is 4.98 Å². The van der Waals surface area contributed by atoms with Crippen molar-refractivity contribution in [2.75, 3.05) is 0 Å². The maximum Gasteiger partial charge on any atom is 0.164 e. The Morgan fingerprint density at radius 2 is 1.48 bits per heavy atom. The second-order valence-electron chi connectivity index (χ2n) is 7.66. The van der Waals surface area contributed by atoms with Crippen molar-refractivity contribution in [1.82, 2.24) is 14.4 Å². The van der Waals surface area contributed by atoms with E-state index in [1.165, 1.54) is 33.0 Å². The molecule has 0 spiro atoms.